The Kier molecular flexibility index (Phi) is 6.88. The van der Waals surface area contributed by atoms with Crippen LogP contribution in [0.25, 0.3) is 0 Å². The van der Waals surface area contributed by atoms with Gasteiger partial charge >= 0.3 is 0 Å². The predicted octanol–water partition coefficient (Wildman–Crippen LogP) is 3.86. The Labute approximate surface area is 197 Å². The van der Waals surface area contributed by atoms with Crippen LogP contribution in [0.4, 0.5) is 9.39 Å². The van der Waals surface area contributed by atoms with Crippen molar-refractivity contribution in [3.63, 3.8) is 0 Å². The van der Waals surface area contributed by atoms with Crippen LogP contribution in [0.3, 0.4) is 0 Å². The van der Waals surface area contributed by atoms with Crippen LogP contribution in [-0.4, -0.2) is 25.3 Å². The number of thiophene rings is 1. The van der Waals surface area contributed by atoms with Crippen molar-refractivity contribution in [1.82, 2.24) is 4.90 Å². The highest BCUT2D eigenvalue weighted by atomic mass is 32.2. The van der Waals surface area contributed by atoms with E-state index in [1.807, 2.05) is 6.07 Å². The van der Waals surface area contributed by atoms with Crippen molar-refractivity contribution in [2.24, 2.45) is 0 Å². The second-order valence-electron chi connectivity index (χ2n) is 8.06. The van der Waals surface area contributed by atoms with Crippen LogP contribution in [0.15, 0.2) is 53.4 Å². The molecule has 0 saturated carbocycles. The van der Waals surface area contributed by atoms with Gasteiger partial charge < -0.3 is 5.32 Å². The molecular formula is C24H22FN3O3S2. The molecule has 1 N–H and O–H groups in total. The zero-order valence-electron chi connectivity index (χ0n) is 17.9. The summed E-state index contributed by atoms with van der Waals surface area (Å²) in [5.41, 5.74) is 2.94. The Balaban J connectivity index is 1.49. The maximum absolute atomic E-state index is 13.6. The third-order valence-electron chi connectivity index (χ3n) is 5.71. The quantitative estimate of drug-likeness (QED) is 0.520. The first kappa shape index (κ1) is 23.1. The van der Waals surface area contributed by atoms with Crippen molar-refractivity contribution >= 4 is 32.9 Å². The topological polar surface area (TPSA) is 90.3 Å². The highest BCUT2D eigenvalue weighted by molar-refractivity contribution is 7.72. The Morgan fingerprint density at radius 1 is 1.24 bits per heavy atom. The molecular weight excluding hydrogens is 461 g/mol. The molecule has 2 heterocycles. The van der Waals surface area contributed by atoms with Gasteiger partial charge in [-0.2, -0.15) is 5.26 Å². The molecule has 0 spiro atoms. The second kappa shape index (κ2) is 9.83. The van der Waals surface area contributed by atoms with E-state index in [0.717, 1.165) is 22.4 Å². The number of hydrogen-bond acceptors (Lipinski definition) is 6. The molecule has 1 aromatic heterocycles. The van der Waals surface area contributed by atoms with Crippen molar-refractivity contribution in [2.75, 3.05) is 5.32 Å². The van der Waals surface area contributed by atoms with Gasteiger partial charge in [0.05, 0.1) is 16.9 Å². The number of thiol groups is 1. The van der Waals surface area contributed by atoms with Crippen LogP contribution in [0.1, 0.15) is 34.1 Å². The van der Waals surface area contributed by atoms with Crippen LogP contribution in [0.2, 0.25) is 0 Å². The number of fused-ring (bicyclic) bond motifs is 1. The molecule has 0 radical (unpaired) electrons. The van der Waals surface area contributed by atoms with Gasteiger partial charge in [-0.3, -0.25) is 9.69 Å². The number of nitriles is 1. The molecule has 1 amide bonds. The lowest BCUT2D eigenvalue weighted by Crippen LogP contribution is -2.37. The number of nitrogens with one attached hydrogen (secondary N) is 1. The fourth-order valence-electron chi connectivity index (χ4n) is 3.98. The van der Waals surface area contributed by atoms with Gasteiger partial charge in [-0.05, 0) is 48.7 Å². The lowest BCUT2D eigenvalue weighted by molar-refractivity contribution is -0.115. The molecule has 4 rings (SSSR count). The molecule has 0 saturated heterocycles. The van der Waals surface area contributed by atoms with Crippen molar-refractivity contribution in [2.45, 2.75) is 43.8 Å². The Bertz CT molecular complexity index is 1300. The summed E-state index contributed by atoms with van der Waals surface area (Å²) in [6.45, 7) is 3.23. The van der Waals surface area contributed by atoms with Gasteiger partial charge in [0.25, 0.3) is 0 Å². The van der Waals surface area contributed by atoms with Crippen molar-refractivity contribution < 1.29 is 17.6 Å². The SMILES string of the molecule is CC1Cc2sc(NC(=O)Cc3ccc([SH](=O)=O)cc3)c(C#N)c2CN1Cc1cccc(F)c1. The van der Waals surface area contributed by atoms with Crippen molar-refractivity contribution in [3.8, 4) is 6.07 Å². The minimum atomic E-state index is -2.66. The molecule has 1 aliphatic heterocycles. The van der Waals surface area contributed by atoms with Gasteiger partial charge in [0.2, 0.25) is 5.91 Å². The number of carbonyl (C=O) groups excluding carboxylic acids is 1. The van der Waals surface area contributed by atoms with E-state index in [9.17, 15) is 22.9 Å². The second-order valence-corrected chi connectivity index (χ2v) is 10.2. The molecule has 33 heavy (non-hydrogen) atoms. The van der Waals surface area contributed by atoms with Gasteiger partial charge in [0, 0.05) is 29.6 Å². The summed E-state index contributed by atoms with van der Waals surface area (Å²) in [7, 11) is -2.66. The van der Waals surface area contributed by atoms with E-state index in [2.05, 4.69) is 23.2 Å². The number of halogens is 1. The van der Waals surface area contributed by atoms with Gasteiger partial charge in [0.15, 0.2) is 10.7 Å². The van der Waals surface area contributed by atoms with Crippen molar-refractivity contribution in [1.29, 1.82) is 5.26 Å². The first-order chi connectivity index (χ1) is 15.8. The lowest BCUT2D eigenvalue weighted by Gasteiger charge is -2.33. The number of anilines is 1. The highest BCUT2D eigenvalue weighted by Crippen LogP contribution is 2.38. The molecule has 6 nitrogen and oxygen atoms in total. The average molecular weight is 484 g/mol. The summed E-state index contributed by atoms with van der Waals surface area (Å²) in [5.74, 6) is -0.540. The van der Waals surface area contributed by atoms with E-state index in [4.69, 9.17) is 0 Å². The van der Waals surface area contributed by atoms with Gasteiger partial charge in [-0.1, -0.05) is 24.3 Å². The summed E-state index contributed by atoms with van der Waals surface area (Å²) in [6, 6.07) is 15.1. The lowest BCUT2D eigenvalue weighted by atomic mass is 9.99. The van der Waals surface area contributed by atoms with E-state index >= 15 is 0 Å². The number of amides is 1. The standard InChI is InChI=1S/C24H22FN3O3S2/c1-15-9-22-21(14-28(15)13-17-3-2-4-18(25)10-17)20(12-26)24(32-22)27-23(29)11-16-5-7-19(8-6-16)33(30)31/h2-8,10,15,33H,9,11,13-14H2,1H3,(H,27,29). The third-order valence-corrected chi connectivity index (χ3v) is 7.60. The normalized spacial score (nSPS) is 15.8. The molecule has 3 aromatic rings. The minimum Gasteiger partial charge on any atom is -0.316 e. The van der Waals surface area contributed by atoms with E-state index < -0.39 is 10.7 Å². The molecule has 1 aliphatic rings. The van der Waals surface area contributed by atoms with E-state index in [0.29, 0.717) is 29.2 Å². The minimum absolute atomic E-state index is 0.0749. The maximum Gasteiger partial charge on any atom is 0.229 e. The van der Waals surface area contributed by atoms with Gasteiger partial charge in [-0.25, -0.2) is 12.8 Å². The zero-order chi connectivity index (χ0) is 23.5. The zero-order valence-corrected chi connectivity index (χ0v) is 19.6. The fraction of sp³-hybridized carbons (Fsp3) is 0.250. The predicted molar refractivity (Wildman–Crippen MR) is 125 cm³/mol. The highest BCUT2D eigenvalue weighted by Gasteiger charge is 2.29. The molecule has 2 aromatic carbocycles. The smallest absolute Gasteiger partial charge is 0.229 e. The first-order valence-corrected chi connectivity index (χ1v) is 12.4. The first-order valence-electron chi connectivity index (χ1n) is 10.4. The maximum atomic E-state index is 13.6. The number of rotatable bonds is 6. The molecule has 0 bridgehead atoms. The summed E-state index contributed by atoms with van der Waals surface area (Å²) in [6.07, 6.45) is 0.820. The van der Waals surface area contributed by atoms with Crippen LogP contribution in [0, 0.1) is 17.1 Å². The monoisotopic (exact) mass is 483 g/mol. The largest absolute Gasteiger partial charge is 0.316 e. The fourth-order valence-corrected chi connectivity index (χ4v) is 5.67. The van der Waals surface area contributed by atoms with Gasteiger partial charge in [0.1, 0.15) is 16.9 Å². The number of benzene rings is 2. The van der Waals surface area contributed by atoms with Crippen molar-refractivity contribution in [3.05, 3.63) is 81.5 Å². The molecule has 170 valence electrons. The van der Waals surface area contributed by atoms with Crippen LogP contribution < -0.4 is 5.32 Å². The van der Waals surface area contributed by atoms with Crippen LogP contribution in [-0.2, 0) is 41.4 Å². The van der Waals surface area contributed by atoms with E-state index in [-0.39, 0.29) is 29.1 Å². The summed E-state index contributed by atoms with van der Waals surface area (Å²) >= 11 is 1.43. The van der Waals surface area contributed by atoms with Crippen LogP contribution >= 0.6 is 11.3 Å². The van der Waals surface area contributed by atoms with Crippen LogP contribution in [0.5, 0.6) is 0 Å². The van der Waals surface area contributed by atoms with E-state index in [1.165, 1.54) is 35.6 Å². The molecule has 0 aliphatic carbocycles. The number of carbonyl (C=O) groups is 1. The number of nitrogens with zero attached hydrogens (tertiary/aromatic N) is 2. The summed E-state index contributed by atoms with van der Waals surface area (Å²) in [4.78, 5) is 16.1. The molecule has 9 heteroatoms. The third kappa shape index (κ3) is 5.30. The Morgan fingerprint density at radius 2 is 2.00 bits per heavy atom. The van der Waals surface area contributed by atoms with E-state index in [1.54, 1.807) is 18.2 Å². The summed E-state index contributed by atoms with van der Waals surface area (Å²) < 4.78 is 35.6. The Morgan fingerprint density at radius 3 is 2.67 bits per heavy atom. The molecule has 0 fully saturated rings. The number of hydrogen-bond donors (Lipinski definition) is 2. The van der Waals surface area contributed by atoms with Gasteiger partial charge in [-0.15, -0.1) is 11.3 Å². The molecule has 1 unspecified atom stereocenters. The Hall–Kier alpha value is -3.06. The average Bonchev–Trinajstić information content (AvgIpc) is 3.09. The summed E-state index contributed by atoms with van der Waals surface area (Å²) in [5, 5.41) is 13.2. The molecule has 1 atom stereocenters.